The Kier molecular flexibility index (Phi) is 4.95. The van der Waals surface area contributed by atoms with E-state index in [1.165, 1.54) is 31.4 Å². The van der Waals surface area contributed by atoms with Gasteiger partial charge in [-0.15, -0.1) is 0 Å². The fraction of sp³-hybridized carbons (Fsp3) is 0. The Morgan fingerprint density at radius 3 is 1.36 bits per heavy atom. The monoisotopic (exact) mass is 492 g/mol. The molecule has 0 atom stereocenters. The second-order valence-electron chi connectivity index (χ2n) is 6.39. The zero-order chi connectivity index (χ0) is 18.8. The predicted octanol–water partition coefficient (Wildman–Crippen LogP) is 5.26. The van der Waals surface area contributed by atoms with Crippen LogP contribution in [0.4, 0.5) is 0 Å². The Morgan fingerprint density at radius 1 is 0.464 bits per heavy atom. The predicted molar refractivity (Wildman–Crippen MR) is 118 cm³/mol. The van der Waals surface area contributed by atoms with Crippen molar-refractivity contribution in [3.05, 3.63) is 94.8 Å². The van der Waals surface area contributed by atoms with E-state index in [4.69, 9.17) is 9.97 Å². The Hall–Kier alpha value is -2.48. The molecule has 0 unspecified atom stereocenters. The SMILES string of the molecule is c1ccc(-c2c[se]c(-c3cccc(-c4nc(-c5ccccc5)c[se]4)c3)n2)cc1. The number of aromatic nitrogens is 2. The number of hydrogen-bond acceptors (Lipinski definition) is 2. The van der Waals surface area contributed by atoms with E-state index >= 15 is 0 Å². The molecule has 0 aliphatic rings. The van der Waals surface area contributed by atoms with E-state index in [1.54, 1.807) is 0 Å². The normalized spacial score (nSPS) is 10.9. The summed E-state index contributed by atoms with van der Waals surface area (Å²) in [5.74, 6) is 0. The minimum absolute atomic E-state index is 0.264. The molecule has 2 aromatic heterocycles. The Labute approximate surface area is 176 Å². The van der Waals surface area contributed by atoms with Crippen LogP contribution in [-0.2, 0) is 0 Å². The van der Waals surface area contributed by atoms with Crippen LogP contribution in [0.2, 0.25) is 0 Å². The summed E-state index contributed by atoms with van der Waals surface area (Å²) < 4.78 is 2.38. The molecule has 4 heteroatoms. The summed E-state index contributed by atoms with van der Waals surface area (Å²) in [4.78, 5) is 14.4. The van der Waals surface area contributed by atoms with Crippen molar-refractivity contribution in [3.8, 4) is 42.8 Å². The summed E-state index contributed by atoms with van der Waals surface area (Å²) in [7, 11) is 0. The van der Waals surface area contributed by atoms with Crippen molar-refractivity contribution in [2.24, 2.45) is 0 Å². The summed E-state index contributed by atoms with van der Waals surface area (Å²) in [5, 5.41) is 0. The van der Waals surface area contributed by atoms with Gasteiger partial charge in [0.15, 0.2) is 0 Å². The van der Waals surface area contributed by atoms with Gasteiger partial charge in [-0.3, -0.25) is 0 Å². The topological polar surface area (TPSA) is 25.8 Å². The maximum absolute atomic E-state index is 4.92. The quantitative estimate of drug-likeness (QED) is 0.322. The van der Waals surface area contributed by atoms with Crippen LogP contribution in [0, 0.1) is 0 Å². The second-order valence-corrected chi connectivity index (χ2v) is 9.99. The summed E-state index contributed by atoms with van der Waals surface area (Å²) in [6.07, 6.45) is 0. The first-order valence-corrected chi connectivity index (χ1v) is 12.7. The molecule has 0 amide bonds. The molecular weight excluding hydrogens is 474 g/mol. The summed E-state index contributed by atoms with van der Waals surface area (Å²) >= 11 is 0.528. The number of nitrogens with zero attached hydrogens (tertiary/aromatic N) is 2. The standard InChI is InChI=1S/C24H16N2Se2/c1-3-8-17(9-4-1)21-15-27-23(25-21)19-12-7-13-20(14-19)24-26-22(16-28-24)18-10-5-2-6-11-18/h1-16H. The molecule has 0 aliphatic heterocycles. The van der Waals surface area contributed by atoms with Gasteiger partial charge in [0, 0.05) is 0 Å². The molecule has 0 fully saturated rings. The molecule has 5 aromatic rings. The second kappa shape index (κ2) is 7.87. The molecule has 2 nitrogen and oxygen atoms in total. The zero-order valence-electron chi connectivity index (χ0n) is 14.9. The van der Waals surface area contributed by atoms with Gasteiger partial charge in [0.2, 0.25) is 0 Å². The van der Waals surface area contributed by atoms with Crippen molar-refractivity contribution in [3.63, 3.8) is 0 Å². The number of rotatable bonds is 4. The van der Waals surface area contributed by atoms with Crippen LogP contribution in [0.1, 0.15) is 0 Å². The fourth-order valence-corrected chi connectivity index (χ4v) is 6.55. The van der Waals surface area contributed by atoms with E-state index in [9.17, 15) is 0 Å². The van der Waals surface area contributed by atoms with E-state index in [2.05, 4.69) is 82.7 Å². The number of hydrogen-bond donors (Lipinski definition) is 0. The van der Waals surface area contributed by atoms with E-state index in [0.29, 0.717) is 0 Å². The fourth-order valence-electron chi connectivity index (χ4n) is 3.08. The van der Waals surface area contributed by atoms with Crippen LogP contribution < -0.4 is 0 Å². The Balaban J connectivity index is 1.46. The van der Waals surface area contributed by atoms with Crippen molar-refractivity contribution >= 4 is 29.0 Å². The van der Waals surface area contributed by atoms with Gasteiger partial charge < -0.3 is 0 Å². The van der Waals surface area contributed by atoms with Gasteiger partial charge in [-0.1, -0.05) is 0 Å². The summed E-state index contributed by atoms with van der Waals surface area (Å²) in [6.45, 7) is 0. The van der Waals surface area contributed by atoms with Gasteiger partial charge in [-0.05, 0) is 0 Å². The summed E-state index contributed by atoms with van der Waals surface area (Å²) in [6, 6.07) is 29.5. The van der Waals surface area contributed by atoms with Crippen LogP contribution in [0.15, 0.2) is 94.8 Å². The average molecular weight is 490 g/mol. The zero-order valence-corrected chi connectivity index (χ0v) is 18.4. The van der Waals surface area contributed by atoms with Gasteiger partial charge in [0.25, 0.3) is 0 Å². The molecule has 2 heterocycles. The van der Waals surface area contributed by atoms with E-state index in [1.807, 2.05) is 12.1 Å². The molecule has 134 valence electrons. The van der Waals surface area contributed by atoms with Crippen LogP contribution in [0.25, 0.3) is 42.8 Å². The van der Waals surface area contributed by atoms with Crippen molar-refractivity contribution in [2.45, 2.75) is 0 Å². The first kappa shape index (κ1) is 17.6. The van der Waals surface area contributed by atoms with Gasteiger partial charge in [0.05, 0.1) is 0 Å². The Bertz CT molecular complexity index is 1110. The van der Waals surface area contributed by atoms with Crippen LogP contribution in [-0.4, -0.2) is 39.0 Å². The molecule has 28 heavy (non-hydrogen) atoms. The third-order valence-electron chi connectivity index (χ3n) is 4.50. The van der Waals surface area contributed by atoms with Gasteiger partial charge in [0.1, 0.15) is 0 Å². The molecule has 0 aliphatic carbocycles. The third kappa shape index (κ3) is 3.60. The van der Waals surface area contributed by atoms with Crippen molar-refractivity contribution in [1.82, 2.24) is 9.97 Å². The van der Waals surface area contributed by atoms with E-state index in [0.717, 1.165) is 11.4 Å². The first-order chi connectivity index (χ1) is 13.9. The molecule has 0 saturated carbocycles. The molecular formula is C24H16N2Se2. The van der Waals surface area contributed by atoms with Gasteiger partial charge in [-0.2, -0.15) is 0 Å². The van der Waals surface area contributed by atoms with Crippen molar-refractivity contribution < 1.29 is 0 Å². The molecule has 0 spiro atoms. The molecule has 0 bridgehead atoms. The number of benzene rings is 3. The molecule has 0 N–H and O–H groups in total. The van der Waals surface area contributed by atoms with Crippen LogP contribution in [0.3, 0.4) is 0 Å². The Morgan fingerprint density at radius 2 is 0.893 bits per heavy atom. The molecule has 3 aromatic carbocycles. The van der Waals surface area contributed by atoms with Gasteiger partial charge >= 0.3 is 177 Å². The molecule has 0 saturated heterocycles. The van der Waals surface area contributed by atoms with Gasteiger partial charge in [-0.25, -0.2) is 0 Å². The molecule has 5 rings (SSSR count). The average Bonchev–Trinajstić information content (AvgIpc) is 3.46. The van der Waals surface area contributed by atoms with E-state index in [-0.39, 0.29) is 29.0 Å². The first-order valence-electron chi connectivity index (χ1n) is 8.99. The van der Waals surface area contributed by atoms with E-state index < -0.39 is 0 Å². The van der Waals surface area contributed by atoms with Crippen LogP contribution in [0.5, 0.6) is 0 Å². The molecule has 0 radical (unpaired) electrons. The van der Waals surface area contributed by atoms with Crippen molar-refractivity contribution in [1.29, 1.82) is 0 Å². The van der Waals surface area contributed by atoms with Crippen LogP contribution >= 0.6 is 0 Å². The minimum atomic E-state index is 0.264. The third-order valence-corrected chi connectivity index (χ3v) is 8.24. The maximum atomic E-state index is 4.92. The van der Waals surface area contributed by atoms with Crippen molar-refractivity contribution in [2.75, 3.05) is 0 Å². The summed E-state index contributed by atoms with van der Waals surface area (Å²) in [5.41, 5.74) is 7.00.